The van der Waals surface area contributed by atoms with Crippen molar-refractivity contribution in [3.05, 3.63) is 53.6 Å². The summed E-state index contributed by atoms with van der Waals surface area (Å²) in [6, 6.07) is 12.6. The summed E-state index contributed by atoms with van der Waals surface area (Å²) < 4.78 is 10.4. The molecule has 2 aromatic rings. The Bertz CT molecular complexity index is 803. The van der Waals surface area contributed by atoms with E-state index in [0.717, 1.165) is 16.9 Å². The highest BCUT2D eigenvalue weighted by Gasteiger charge is 2.09. The van der Waals surface area contributed by atoms with Crippen LogP contribution in [-0.4, -0.2) is 25.7 Å². The Hall–Kier alpha value is -3.02. The number of carbonyl (C=O) groups is 2. The molecule has 0 unspecified atom stereocenters. The van der Waals surface area contributed by atoms with Crippen LogP contribution in [0.5, 0.6) is 5.75 Å². The third-order valence-corrected chi connectivity index (χ3v) is 3.78. The van der Waals surface area contributed by atoms with Crippen LogP contribution in [0.3, 0.4) is 0 Å². The lowest BCUT2D eigenvalue weighted by molar-refractivity contribution is -0.115. The molecule has 144 valence electrons. The van der Waals surface area contributed by atoms with Crippen molar-refractivity contribution in [3.8, 4) is 5.75 Å². The van der Waals surface area contributed by atoms with Crippen molar-refractivity contribution in [2.75, 3.05) is 24.4 Å². The molecule has 2 aromatic carbocycles. The fourth-order valence-electron chi connectivity index (χ4n) is 2.44. The van der Waals surface area contributed by atoms with Gasteiger partial charge in [0, 0.05) is 11.4 Å². The zero-order valence-corrected chi connectivity index (χ0v) is 16.2. The topological polar surface area (TPSA) is 76.7 Å². The summed E-state index contributed by atoms with van der Waals surface area (Å²) in [4.78, 5) is 24.1. The van der Waals surface area contributed by atoms with Crippen molar-refractivity contribution in [1.82, 2.24) is 0 Å². The fraction of sp³-hybridized carbons (Fsp3) is 0.333. The number of benzene rings is 2. The highest BCUT2D eigenvalue weighted by molar-refractivity contribution is 5.93. The minimum Gasteiger partial charge on any atom is -0.496 e. The predicted octanol–water partition coefficient (Wildman–Crippen LogP) is 4.39. The molecule has 2 rings (SSSR count). The third kappa shape index (κ3) is 6.66. The van der Waals surface area contributed by atoms with Gasteiger partial charge >= 0.3 is 6.09 Å². The molecule has 2 N–H and O–H groups in total. The van der Waals surface area contributed by atoms with E-state index in [0.29, 0.717) is 18.0 Å². The number of hydrogen-bond donors (Lipinski definition) is 2. The van der Waals surface area contributed by atoms with Crippen molar-refractivity contribution >= 4 is 23.4 Å². The van der Waals surface area contributed by atoms with Gasteiger partial charge in [0.25, 0.3) is 0 Å². The summed E-state index contributed by atoms with van der Waals surface area (Å²) in [6.45, 7) is 6.23. The second kappa shape index (κ2) is 9.62. The molecule has 0 spiro atoms. The first kappa shape index (κ1) is 20.3. The maximum atomic E-state index is 12.3. The number of nitrogens with one attached hydrogen (secondary N) is 2. The number of aryl methyl sites for hydroxylation is 1. The summed E-state index contributed by atoms with van der Waals surface area (Å²) >= 11 is 0. The summed E-state index contributed by atoms with van der Waals surface area (Å²) in [7, 11) is 1.61. The Balaban J connectivity index is 1.95. The van der Waals surface area contributed by atoms with Crippen LogP contribution in [0.1, 0.15) is 25.0 Å². The molecule has 6 nitrogen and oxygen atoms in total. The molecular weight excluding hydrogens is 344 g/mol. The number of rotatable bonds is 7. The van der Waals surface area contributed by atoms with Gasteiger partial charge in [-0.05, 0) is 48.2 Å². The number of hydrogen-bond acceptors (Lipinski definition) is 4. The van der Waals surface area contributed by atoms with Gasteiger partial charge < -0.3 is 14.8 Å². The molecule has 0 saturated heterocycles. The van der Waals surface area contributed by atoms with Crippen LogP contribution in [0.2, 0.25) is 0 Å². The van der Waals surface area contributed by atoms with Crippen LogP contribution in [0.25, 0.3) is 0 Å². The standard InChI is InChI=1S/C21H26N2O4/c1-14(2)13-27-21(25)23-18-7-5-6-17(12-18)22-20(24)11-16-9-8-15(3)19(10-16)26-4/h5-10,12,14H,11,13H2,1-4H3,(H,22,24)(H,23,25). The zero-order chi connectivity index (χ0) is 19.8. The molecule has 0 aliphatic carbocycles. The Morgan fingerprint density at radius 1 is 1.04 bits per heavy atom. The van der Waals surface area contributed by atoms with Gasteiger partial charge in [-0.25, -0.2) is 4.79 Å². The van der Waals surface area contributed by atoms with Crippen molar-refractivity contribution in [2.45, 2.75) is 27.2 Å². The van der Waals surface area contributed by atoms with Gasteiger partial charge in [0.15, 0.2) is 0 Å². The van der Waals surface area contributed by atoms with E-state index in [1.807, 2.05) is 39.0 Å². The molecule has 6 heteroatoms. The first-order valence-electron chi connectivity index (χ1n) is 8.84. The second-order valence-corrected chi connectivity index (χ2v) is 6.73. The van der Waals surface area contributed by atoms with Crippen molar-refractivity contribution in [3.63, 3.8) is 0 Å². The molecule has 0 saturated carbocycles. The van der Waals surface area contributed by atoms with Gasteiger partial charge in [-0.2, -0.15) is 0 Å². The van der Waals surface area contributed by atoms with Crippen LogP contribution >= 0.6 is 0 Å². The summed E-state index contributed by atoms with van der Waals surface area (Å²) in [5.41, 5.74) is 3.03. The van der Waals surface area contributed by atoms with E-state index in [1.165, 1.54) is 0 Å². The molecule has 0 heterocycles. The van der Waals surface area contributed by atoms with Crippen LogP contribution in [-0.2, 0) is 16.0 Å². The second-order valence-electron chi connectivity index (χ2n) is 6.73. The van der Waals surface area contributed by atoms with Gasteiger partial charge in [-0.3, -0.25) is 10.1 Å². The maximum absolute atomic E-state index is 12.3. The number of amides is 2. The van der Waals surface area contributed by atoms with Crippen molar-refractivity contribution < 1.29 is 19.1 Å². The molecule has 2 amide bonds. The van der Waals surface area contributed by atoms with Crippen LogP contribution in [0, 0.1) is 12.8 Å². The summed E-state index contributed by atoms with van der Waals surface area (Å²) in [5.74, 6) is 0.869. The SMILES string of the molecule is COc1cc(CC(=O)Nc2cccc(NC(=O)OCC(C)C)c2)ccc1C. The van der Waals surface area contributed by atoms with E-state index in [-0.39, 0.29) is 18.2 Å². The van der Waals surface area contributed by atoms with E-state index in [4.69, 9.17) is 9.47 Å². The van der Waals surface area contributed by atoms with Crippen molar-refractivity contribution in [1.29, 1.82) is 0 Å². The molecule has 0 aromatic heterocycles. The van der Waals surface area contributed by atoms with E-state index >= 15 is 0 Å². The Morgan fingerprint density at radius 2 is 1.74 bits per heavy atom. The highest BCUT2D eigenvalue weighted by Crippen LogP contribution is 2.20. The number of ether oxygens (including phenoxy) is 2. The highest BCUT2D eigenvalue weighted by atomic mass is 16.5. The number of anilines is 2. The van der Waals surface area contributed by atoms with Gasteiger partial charge in [-0.1, -0.05) is 32.0 Å². The number of methoxy groups -OCH3 is 1. The lowest BCUT2D eigenvalue weighted by Crippen LogP contribution is -2.17. The fourth-order valence-corrected chi connectivity index (χ4v) is 2.44. The van der Waals surface area contributed by atoms with Gasteiger partial charge in [-0.15, -0.1) is 0 Å². The zero-order valence-electron chi connectivity index (χ0n) is 16.2. The minimum atomic E-state index is -0.515. The molecule has 0 aliphatic heterocycles. The monoisotopic (exact) mass is 370 g/mol. The van der Waals surface area contributed by atoms with E-state index in [2.05, 4.69) is 10.6 Å². The summed E-state index contributed by atoms with van der Waals surface area (Å²) in [6.07, 6.45) is -0.288. The predicted molar refractivity (Wildman–Crippen MR) is 106 cm³/mol. The van der Waals surface area contributed by atoms with E-state index in [9.17, 15) is 9.59 Å². The molecule has 0 bridgehead atoms. The summed E-state index contributed by atoms with van der Waals surface area (Å²) in [5, 5.41) is 5.49. The van der Waals surface area contributed by atoms with Gasteiger partial charge in [0.05, 0.1) is 20.1 Å². The van der Waals surface area contributed by atoms with E-state index in [1.54, 1.807) is 31.4 Å². The molecule has 0 fully saturated rings. The third-order valence-electron chi connectivity index (χ3n) is 3.78. The van der Waals surface area contributed by atoms with Crippen LogP contribution in [0.15, 0.2) is 42.5 Å². The van der Waals surface area contributed by atoms with Gasteiger partial charge in [0.1, 0.15) is 5.75 Å². The molecule has 0 radical (unpaired) electrons. The number of carbonyl (C=O) groups excluding carboxylic acids is 2. The smallest absolute Gasteiger partial charge is 0.411 e. The average molecular weight is 370 g/mol. The Morgan fingerprint density at radius 3 is 2.41 bits per heavy atom. The van der Waals surface area contributed by atoms with Crippen LogP contribution in [0.4, 0.5) is 16.2 Å². The maximum Gasteiger partial charge on any atom is 0.411 e. The molecule has 27 heavy (non-hydrogen) atoms. The molecule has 0 aliphatic rings. The molecular formula is C21H26N2O4. The quantitative estimate of drug-likeness (QED) is 0.758. The first-order valence-corrected chi connectivity index (χ1v) is 8.84. The first-order chi connectivity index (χ1) is 12.9. The largest absolute Gasteiger partial charge is 0.496 e. The normalized spacial score (nSPS) is 10.4. The lowest BCUT2D eigenvalue weighted by atomic mass is 10.1. The van der Waals surface area contributed by atoms with Gasteiger partial charge in [0.2, 0.25) is 5.91 Å². The van der Waals surface area contributed by atoms with Crippen LogP contribution < -0.4 is 15.4 Å². The Labute approximate surface area is 159 Å². The average Bonchev–Trinajstić information content (AvgIpc) is 2.61. The lowest BCUT2D eigenvalue weighted by Gasteiger charge is -2.11. The molecule has 0 atom stereocenters. The Kier molecular flexibility index (Phi) is 7.23. The van der Waals surface area contributed by atoms with E-state index < -0.39 is 6.09 Å². The minimum absolute atomic E-state index is 0.152. The van der Waals surface area contributed by atoms with Crippen molar-refractivity contribution in [2.24, 2.45) is 5.92 Å².